The first-order valence-corrected chi connectivity index (χ1v) is 6.92. The van der Waals surface area contributed by atoms with Gasteiger partial charge in [0.1, 0.15) is 5.82 Å². The van der Waals surface area contributed by atoms with Crippen molar-refractivity contribution in [1.82, 2.24) is 9.97 Å². The molecule has 1 rings (SSSR count). The lowest BCUT2D eigenvalue weighted by Crippen LogP contribution is -2.21. The Labute approximate surface area is 122 Å². The minimum atomic E-state index is -4.51. The summed E-state index contributed by atoms with van der Waals surface area (Å²) in [6, 6.07) is 0.899. The largest absolute Gasteiger partial charge is 0.433 e. The minimum absolute atomic E-state index is 0.0294. The lowest BCUT2D eigenvalue weighted by molar-refractivity contribution is -0.141. The highest BCUT2D eigenvalue weighted by atomic mass is 19.4. The Balaban J connectivity index is 2.85. The standard InChI is InChI=1S/C13H21F3N4O/c1-4-6-17-12-19-10(13(14,15)16)7-11(20-12)18-8-9(3)21-5-2/h7,9H,4-6,8H2,1-3H3,(H2,17,18,19,20). The maximum absolute atomic E-state index is 12.8. The molecule has 2 N–H and O–H groups in total. The van der Waals surface area contributed by atoms with Gasteiger partial charge in [-0.1, -0.05) is 6.92 Å². The fourth-order valence-corrected chi connectivity index (χ4v) is 1.59. The maximum atomic E-state index is 12.8. The fourth-order valence-electron chi connectivity index (χ4n) is 1.59. The van der Waals surface area contributed by atoms with Crippen LogP contribution in [-0.4, -0.2) is 35.8 Å². The third-order valence-corrected chi connectivity index (χ3v) is 2.57. The number of aromatic nitrogens is 2. The highest BCUT2D eigenvalue weighted by Crippen LogP contribution is 2.29. The average Bonchev–Trinajstić information content (AvgIpc) is 2.42. The van der Waals surface area contributed by atoms with Crippen LogP contribution in [0.25, 0.3) is 0 Å². The smallest absolute Gasteiger partial charge is 0.377 e. The quantitative estimate of drug-likeness (QED) is 0.772. The number of ether oxygens (including phenoxy) is 1. The second kappa shape index (κ2) is 8.02. The maximum Gasteiger partial charge on any atom is 0.433 e. The molecule has 1 aromatic rings. The number of nitrogens with one attached hydrogen (secondary N) is 2. The number of alkyl halides is 3. The van der Waals surface area contributed by atoms with E-state index in [0.29, 0.717) is 19.7 Å². The molecule has 0 saturated heterocycles. The molecular formula is C13H21F3N4O. The molecule has 8 heteroatoms. The molecule has 1 unspecified atom stereocenters. The molecule has 120 valence electrons. The molecule has 0 spiro atoms. The van der Waals surface area contributed by atoms with Gasteiger partial charge < -0.3 is 15.4 Å². The van der Waals surface area contributed by atoms with Gasteiger partial charge in [0.15, 0.2) is 5.69 Å². The highest BCUT2D eigenvalue weighted by molar-refractivity contribution is 5.43. The molecular weight excluding hydrogens is 285 g/mol. The van der Waals surface area contributed by atoms with Crippen LogP contribution in [0.2, 0.25) is 0 Å². The zero-order chi connectivity index (χ0) is 15.9. The van der Waals surface area contributed by atoms with E-state index in [0.717, 1.165) is 12.5 Å². The Kier molecular flexibility index (Phi) is 6.67. The predicted octanol–water partition coefficient (Wildman–Crippen LogP) is 3.15. The molecule has 1 atom stereocenters. The number of hydrogen-bond donors (Lipinski definition) is 2. The van der Waals surface area contributed by atoms with Crippen molar-refractivity contribution in [3.8, 4) is 0 Å². The topological polar surface area (TPSA) is 59.1 Å². The number of nitrogens with zero attached hydrogens (tertiary/aromatic N) is 2. The molecule has 21 heavy (non-hydrogen) atoms. The van der Waals surface area contributed by atoms with Gasteiger partial charge in [-0.3, -0.25) is 0 Å². The van der Waals surface area contributed by atoms with Crippen molar-refractivity contribution in [2.24, 2.45) is 0 Å². The Morgan fingerprint density at radius 3 is 2.52 bits per heavy atom. The summed E-state index contributed by atoms with van der Waals surface area (Å²) in [7, 11) is 0. The summed E-state index contributed by atoms with van der Waals surface area (Å²) in [5.41, 5.74) is -0.970. The molecule has 0 aliphatic carbocycles. The van der Waals surface area contributed by atoms with E-state index in [9.17, 15) is 13.2 Å². The first-order valence-electron chi connectivity index (χ1n) is 6.92. The van der Waals surface area contributed by atoms with Crippen molar-refractivity contribution in [2.45, 2.75) is 39.5 Å². The molecule has 0 saturated carbocycles. The van der Waals surface area contributed by atoms with E-state index in [4.69, 9.17) is 4.74 Å². The normalized spacial score (nSPS) is 13.0. The van der Waals surface area contributed by atoms with Crippen molar-refractivity contribution < 1.29 is 17.9 Å². The summed E-state index contributed by atoms with van der Waals surface area (Å²) >= 11 is 0. The van der Waals surface area contributed by atoms with Crippen molar-refractivity contribution >= 4 is 11.8 Å². The predicted molar refractivity (Wildman–Crippen MR) is 75.4 cm³/mol. The second-order valence-corrected chi connectivity index (χ2v) is 4.53. The lowest BCUT2D eigenvalue weighted by Gasteiger charge is -2.15. The number of halogens is 3. The van der Waals surface area contributed by atoms with Gasteiger partial charge in [0, 0.05) is 25.8 Å². The van der Waals surface area contributed by atoms with E-state index in [1.807, 2.05) is 20.8 Å². The summed E-state index contributed by atoms with van der Waals surface area (Å²) in [5.74, 6) is 0.0979. The molecule has 0 bridgehead atoms. The van der Waals surface area contributed by atoms with E-state index in [2.05, 4.69) is 20.6 Å². The third kappa shape index (κ3) is 6.16. The minimum Gasteiger partial charge on any atom is -0.377 e. The van der Waals surface area contributed by atoms with Crippen LogP contribution >= 0.6 is 0 Å². The molecule has 0 aliphatic rings. The summed E-state index contributed by atoms with van der Waals surface area (Å²) in [6.07, 6.45) is -3.86. The van der Waals surface area contributed by atoms with Gasteiger partial charge in [0.2, 0.25) is 5.95 Å². The Hall–Kier alpha value is -1.57. The number of rotatable bonds is 8. The molecule has 0 amide bonds. The molecule has 0 aromatic carbocycles. The Bertz CT molecular complexity index is 440. The molecule has 0 fully saturated rings. The van der Waals surface area contributed by atoms with Crippen LogP contribution in [0.15, 0.2) is 6.07 Å². The zero-order valence-corrected chi connectivity index (χ0v) is 12.4. The van der Waals surface area contributed by atoms with Gasteiger partial charge >= 0.3 is 6.18 Å². The molecule has 5 nitrogen and oxygen atoms in total. The highest BCUT2D eigenvalue weighted by Gasteiger charge is 2.33. The van der Waals surface area contributed by atoms with Gasteiger partial charge in [-0.25, -0.2) is 4.98 Å². The van der Waals surface area contributed by atoms with Crippen LogP contribution in [-0.2, 0) is 10.9 Å². The molecule has 1 aromatic heterocycles. The lowest BCUT2D eigenvalue weighted by atomic mass is 10.3. The summed E-state index contributed by atoms with van der Waals surface area (Å²) in [4.78, 5) is 7.51. The van der Waals surface area contributed by atoms with Crippen LogP contribution in [0.1, 0.15) is 32.9 Å². The van der Waals surface area contributed by atoms with Crippen molar-refractivity contribution in [3.63, 3.8) is 0 Å². The Morgan fingerprint density at radius 1 is 1.24 bits per heavy atom. The van der Waals surface area contributed by atoms with E-state index in [-0.39, 0.29) is 17.9 Å². The summed E-state index contributed by atoms with van der Waals surface area (Å²) in [6.45, 7) is 7.02. The van der Waals surface area contributed by atoms with Crippen molar-refractivity contribution in [3.05, 3.63) is 11.8 Å². The van der Waals surface area contributed by atoms with Crippen LogP contribution in [0.5, 0.6) is 0 Å². The third-order valence-electron chi connectivity index (χ3n) is 2.57. The monoisotopic (exact) mass is 306 g/mol. The number of anilines is 2. The summed E-state index contributed by atoms with van der Waals surface area (Å²) < 4.78 is 43.8. The van der Waals surface area contributed by atoms with Crippen LogP contribution < -0.4 is 10.6 Å². The van der Waals surface area contributed by atoms with E-state index in [1.54, 1.807) is 0 Å². The van der Waals surface area contributed by atoms with E-state index < -0.39 is 11.9 Å². The van der Waals surface area contributed by atoms with Crippen LogP contribution in [0, 0.1) is 0 Å². The second-order valence-electron chi connectivity index (χ2n) is 4.53. The van der Waals surface area contributed by atoms with Crippen molar-refractivity contribution in [2.75, 3.05) is 30.3 Å². The Morgan fingerprint density at radius 2 is 1.95 bits per heavy atom. The van der Waals surface area contributed by atoms with Gasteiger partial charge in [0.05, 0.1) is 6.10 Å². The van der Waals surface area contributed by atoms with Gasteiger partial charge in [0.25, 0.3) is 0 Å². The SMILES string of the molecule is CCCNc1nc(NCC(C)OCC)cc(C(F)(F)F)n1. The summed E-state index contributed by atoms with van der Waals surface area (Å²) in [5, 5.41) is 5.61. The van der Waals surface area contributed by atoms with Crippen molar-refractivity contribution in [1.29, 1.82) is 0 Å². The first kappa shape index (κ1) is 17.5. The van der Waals surface area contributed by atoms with Crippen LogP contribution in [0.3, 0.4) is 0 Å². The molecule has 0 radical (unpaired) electrons. The van der Waals surface area contributed by atoms with Gasteiger partial charge in [-0.2, -0.15) is 18.2 Å². The van der Waals surface area contributed by atoms with Crippen LogP contribution in [0.4, 0.5) is 24.9 Å². The zero-order valence-electron chi connectivity index (χ0n) is 12.4. The fraction of sp³-hybridized carbons (Fsp3) is 0.692. The molecule has 0 aliphatic heterocycles. The molecule has 1 heterocycles. The van der Waals surface area contributed by atoms with E-state index in [1.165, 1.54) is 0 Å². The van der Waals surface area contributed by atoms with Gasteiger partial charge in [-0.15, -0.1) is 0 Å². The van der Waals surface area contributed by atoms with Gasteiger partial charge in [-0.05, 0) is 20.3 Å². The first-order chi connectivity index (χ1) is 9.86. The number of hydrogen-bond acceptors (Lipinski definition) is 5. The van der Waals surface area contributed by atoms with E-state index >= 15 is 0 Å². The average molecular weight is 306 g/mol.